The van der Waals surface area contributed by atoms with Gasteiger partial charge in [-0.05, 0) is 39.7 Å². The van der Waals surface area contributed by atoms with Gasteiger partial charge in [-0.15, -0.1) is 0 Å². The lowest BCUT2D eigenvalue weighted by Gasteiger charge is -2.36. The predicted octanol–water partition coefficient (Wildman–Crippen LogP) is 0.721. The van der Waals surface area contributed by atoms with E-state index in [2.05, 4.69) is 5.32 Å². The topological polar surface area (TPSA) is 88.0 Å². The second-order valence-corrected chi connectivity index (χ2v) is 5.40. The third kappa shape index (κ3) is 6.56. The number of hydrogen-bond donors (Lipinski definition) is 3. The van der Waals surface area contributed by atoms with Crippen LogP contribution in [0.15, 0.2) is 12.2 Å². The Morgan fingerprint density at radius 1 is 1.48 bits per heavy atom. The van der Waals surface area contributed by atoms with Crippen molar-refractivity contribution in [2.75, 3.05) is 6.54 Å². The second kappa shape index (κ2) is 9.15. The Balaban J connectivity index is 2.27. The highest BCUT2D eigenvalue weighted by Crippen LogP contribution is 2.22. The van der Waals surface area contributed by atoms with Crippen LogP contribution in [-0.2, 0) is 14.3 Å². The summed E-state index contributed by atoms with van der Waals surface area (Å²) in [5, 5.41) is 22.1. The maximum atomic E-state index is 11.2. The Labute approximate surface area is 126 Å². The minimum atomic E-state index is -0.815. The third-order valence-electron chi connectivity index (χ3n) is 3.41. The van der Waals surface area contributed by atoms with Crippen LogP contribution in [0.25, 0.3) is 0 Å². The zero-order chi connectivity index (χ0) is 15.8. The molecule has 0 radical (unpaired) electrons. The minimum Gasteiger partial charge on any atom is -0.390 e. The van der Waals surface area contributed by atoms with Crippen molar-refractivity contribution in [2.24, 2.45) is 0 Å². The van der Waals surface area contributed by atoms with Crippen molar-refractivity contribution in [1.82, 2.24) is 5.32 Å². The molecule has 2 unspecified atom stereocenters. The molecule has 1 fully saturated rings. The number of nitrogens with one attached hydrogen (secondary N) is 1. The number of amides is 1. The number of aliphatic hydroxyl groups is 2. The van der Waals surface area contributed by atoms with Crippen molar-refractivity contribution in [2.45, 2.75) is 70.7 Å². The zero-order valence-electron chi connectivity index (χ0n) is 13.0. The van der Waals surface area contributed by atoms with E-state index in [1.165, 1.54) is 6.08 Å². The van der Waals surface area contributed by atoms with Gasteiger partial charge in [-0.2, -0.15) is 0 Å². The Morgan fingerprint density at radius 2 is 2.19 bits per heavy atom. The highest BCUT2D eigenvalue weighted by molar-refractivity contribution is 5.87. The molecule has 0 spiro atoms. The molecule has 21 heavy (non-hydrogen) atoms. The Bertz CT molecular complexity index is 347. The van der Waals surface area contributed by atoms with E-state index in [4.69, 9.17) is 9.47 Å². The molecule has 6 nitrogen and oxygen atoms in total. The fourth-order valence-electron chi connectivity index (χ4n) is 2.12. The maximum absolute atomic E-state index is 11.2. The van der Waals surface area contributed by atoms with Gasteiger partial charge in [-0.25, -0.2) is 0 Å². The van der Waals surface area contributed by atoms with Crippen LogP contribution in [-0.4, -0.2) is 53.4 Å². The SMILES string of the molecule is CCNC(=O)/C=C/CC[C@@H](C)OC1O[C@@H](C)C(O)C[C@H]1O. The number of allylic oxidation sites excluding steroid dienone is 1. The van der Waals surface area contributed by atoms with E-state index in [0.717, 1.165) is 6.42 Å². The van der Waals surface area contributed by atoms with Gasteiger partial charge >= 0.3 is 0 Å². The molecule has 1 aliphatic heterocycles. The first-order chi connectivity index (χ1) is 9.93. The fraction of sp³-hybridized carbons (Fsp3) is 0.800. The second-order valence-electron chi connectivity index (χ2n) is 5.40. The van der Waals surface area contributed by atoms with Crippen LogP contribution in [0.2, 0.25) is 0 Å². The van der Waals surface area contributed by atoms with Crippen molar-refractivity contribution >= 4 is 5.91 Å². The summed E-state index contributed by atoms with van der Waals surface area (Å²) in [6.07, 6.45) is 2.38. The molecule has 0 saturated carbocycles. The van der Waals surface area contributed by atoms with Gasteiger partial charge in [0, 0.05) is 13.0 Å². The fourth-order valence-corrected chi connectivity index (χ4v) is 2.12. The molecular formula is C15H27NO5. The van der Waals surface area contributed by atoms with Crippen LogP contribution in [0, 0.1) is 0 Å². The van der Waals surface area contributed by atoms with Crippen molar-refractivity contribution in [3.05, 3.63) is 12.2 Å². The van der Waals surface area contributed by atoms with Crippen LogP contribution in [0.1, 0.15) is 40.0 Å². The molecule has 1 aliphatic rings. The molecule has 0 aromatic carbocycles. The van der Waals surface area contributed by atoms with E-state index in [1.54, 1.807) is 13.0 Å². The van der Waals surface area contributed by atoms with Gasteiger partial charge in [-0.3, -0.25) is 4.79 Å². The molecule has 3 N–H and O–H groups in total. The molecule has 0 bridgehead atoms. The first-order valence-corrected chi connectivity index (χ1v) is 7.55. The van der Waals surface area contributed by atoms with Gasteiger partial charge in [0.1, 0.15) is 6.10 Å². The number of aliphatic hydroxyl groups excluding tert-OH is 2. The average molecular weight is 301 g/mol. The lowest BCUT2D eigenvalue weighted by atomic mass is 10.0. The van der Waals surface area contributed by atoms with Gasteiger partial charge in [-0.1, -0.05) is 6.08 Å². The number of hydrogen-bond acceptors (Lipinski definition) is 5. The zero-order valence-corrected chi connectivity index (χ0v) is 13.0. The van der Waals surface area contributed by atoms with E-state index < -0.39 is 18.5 Å². The highest BCUT2D eigenvalue weighted by Gasteiger charge is 2.35. The summed E-state index contributed by atoms with van der Waals surface area (Å²) in [6.45, 7) is 6.14. The summed E-state index contributed by atoms with van der Waals surface area (Å²) >= 11 is 0. The molecule has 1 saturated heterocycles. The molecular weight excluding hydrogens is 274 g/mol. The van der Waals surface area contributed by atoms with Gasteiger partial charge < -0.3 is 25.0 Å². The third-order valence-corrected chi connectivity index (χ3v) is 3.41. The van der Waals surface area contributed by atoms with Crippen LogP contribution in [0.4, 0.5) is 0 Å². The van der Waals surface area contributed by atoms with Gasteiger partial charge in [0.25, 0.3) is 0 Å². The van der Waals surface area contributed by atoms with Crippen molar-refractivity contribution in [3.63, 3.8) is 0 Å². The molecule has 1 amide bonds. The lowest BCUT2D eigenvalue weighted by molar-refractivity contribution is -0.273. The molecule has 0 aromatic heterocycles. The predicted molar refractivity (Wildman–Crippen MR) is 78.6 cm³/mol. The lowest BCUT2D eigenvalue weighted by Crippen LogP contribution is -2.48. The van der Waals surface area contributed by atoms with E-state index in [-0.39, 0.29) is 24.5 Å². The number of ether oxygens (including phenoxy) is 2. The van der Waals surface area contributed by atoms with Gasteiger partial charge in [0.05, 0.1) is 18.3 Å². The number of rotatable bonds is 7. The van der Waals surface area contributed by atoms with E-state index >= 15 is 0 Å². The number of carbonyl (C=O) groups is 1. The molecule has 1 rings (SSSR count). The van der Waals surface area contributed by atoms with Gasteiger partial charge in [0.2, 0.25) is 5.91 Å². The minimum absolute atomic E-state index is 0.0973. The van der Waals surface area contributed by atoms with Crippen molar-refractivity contribution in [3.8, 4) is 0 Å². The largest absolute Gasteiger partial charge is 0.390 e. The first kappa shape index (κ1) is 18.1. The highest BCUT2D eigenvalue weighted by atomic mass is 16.7. The number of likely N-dealkylation sites (N-methyl/N-ethyl adjacent to an activating group) is 1. The molecule has 0 aromatic rings. The average Bonchev–Trinajstić information content (AvgIpc) is 2.41. The monoisotopic (exact) mass is 301 g/mol. The van der Waals surface area contributed by atoms with Crippen molar-refractivity contribution < 1.29 is 24.5 Å². The summed E-state index contributed by atoms with van der Waals surface area (Å²) in [7, 11) is 0. The smallest absolute Gasteiger partial charge is 0.243 e. The standard InChI is InChI=1S/C15H27NO5/c1-4-16-14(19)8-6-5-7-10(2)20-15-13(18)9-12(17)11(3)21-15/h6,8,10-13,15,17-18H,4-5,7,9H2,1-3H3,(H,16,19)/b8-6+/t10-,11+,12?,13-,15?/m1/s1. The van der Waals surface area contributed by atoms with E-state index in [1.807, 2.05) is 13.8 Å². The van der Waals surface area contributed by atoms with Crippen LogP contribution in [0.5, 0.6) is 0 Å². The number of carbonyl (C=O) groups excluding carboxylic acids is 1. The summed E-state index contributed by atoms with van der Waals surface area (Å²) in [5.41, 5.74) is 0. The van der Waals surface area contributed by atoms with E-state index in [0.29, 0.717) is 13.0 Å². The van der Waals surface area contributed by atoms with Crippen LogP contribution in [0.3, 0.4) is 0 Å². The van der Waals surface area contributed by atoms with Crippen molar-refractivity contribution in [1.29, 1.82) is 0 Å². The molecule has 0 aliphatic carbocycles. The molecule has 122 valence electrons. The molecule has 1 heterocycles. The normalized spacial score (nSPS) is 31.3. The first-order valence-electron chi connectivity index (χ1n) is 7.55. The van der Waals surface area contributed by atoms with Gasteiger partial charge in [0.15, 0.2) is 6.29 Å². The summed E-state index contributed by atoms with van der Waals surface area (Å²) in [5.74, 6) is -0.0973. The Kier molecular flexibility index (Phi) is 7.88. The summed E-state index contributed by atoms with van der Waals surface area (Å²) < 4.78 is 11.1. The van der Waals surface area contributed by atoms with E-state index in [9.17, 15) is 15.0 Å². The maximum Gasteiger partial charge on any atom is 0.243 e. The Morgan fingerprint density at radius 3 is 2.86 bits per heavy atom. The van der Waals surface area contributed by atoms with Crippen LogP contribution >= 0.6 is 0 Å². The summed E-state index contributed by atoms with van der Waals surface area (Å²) in [6, 6.07) is 0. The summed E-state index contributed by atoms with van der Waals surface area (Å²) in [4.78, 5) is 11.2. The Hall–Kier alpha value is -0.950. The molecule has 5 atom stereocenters. The molecule has 6 heteroatoms. The van der Waals surface area contributed by atoms with Crippen LogP contribution < -0.4 is 5.32 Å². The quantitative estimate of drug-likeness (QED) is 0.603.